The predicted octanol–water partition coefficient (Wildman–Crippen LogP) is 4.41. The number of para-hydroxylation sites is 2. The lowest BCUT2D eigenvalue weighted by molar-refractivity contribution is -0.117. The van der Waals surface area contributed by atoms with E-state index in [1.165, 1.54) is 0 Å². The van der Waals surface area contributed by atoms with E-state index in [4.69, 9.17) is 9.47 Å². The van der Waals surface area contributed by atoms with Gasteiger partial charge in [-0.3, -0.25) is 9.69 Å². The lowest BCUT2D eigenvalue weighted by atomic mass is 10.1. The summed E-state index contributed by atoms with van der Waals surface area (Å²) in [5.74, 6) is 1.99. The number of nitrogens with one attached hydrogen (secondary N) is 1. The molecule has 168 valence electrons. The Kier molecular flexibility index (Phi) is 8.25. The summed E-state index contributed by atoms with van der Waals surface area (Å²) in [5, 5.41) is 13.3. The number of aliphatic hydroxyl groups excluding tert-OH is 1. The molecule has 0 aliphatic rings. The van der Waals surface area contributed by atoms with E-state index in [-0.39, 0.29) is 19.1 Å². The van der Waals surface area contributed by atoms with Gasteiger partial charge in [0, 0.05) is 12.2 Å². The fourth-order valence-electron chi connectivity index (χ4n) is 3.33. The van der Waals surface area contributed by atoms with Crippen LogP contribution in [0.4, 0.5) is 5.69 Å². The maximum absolute atomic E-state index is 12.4. The molecule has 0 bridgehead atoms. The van der Waals surface area contributed by atoms with Crippen molar-refractivity contribution in [2.24, 2.45) is 0 Å². The molecule has 0 aliphatic heterocycles. The Morgan fingerprint density at radius 2 is 1.50 bits per heavy atom. The lowest BCUT2D eigenvalue weighted by Gasteiger charge is -2.21. The molecule has 3 aromatic carbocycles. The van der Waals surface area contributed by atoms with Gasteiger partial charge in [0.1, 0.15) is 30.0 Å². The normalized spacial score (nSPS) is 11.8. The van der Waals surface area contributed by atoms with Gasteiger partial charge in [-0.25, -0.2) is 0 Å². The quantitative estimate of drug-likeness (QED) is 0.495. The topological polar surface area (TPSA) is 71.0 Å². The highest BCUT2D eigenvalue weighted by atomic mass is 16.5. The number of hydrogen-bond acceptors (Lipinski definition) is 5. The number of hydrogen-bond donors (Lipinski definition) is 2. The molecular weight excluding hydrogens is 404 g/mol. The van der Waals surface area contributed by atoms with Gasteiger partial charge >= 0.3 is 0 Å². The molecule has 0 aliphatic carbocycles. The van der Waals surface area contributed by atoms with Gasteiger partial charge in [0.2, 0.25) is 5.91 Å². The highest BCUT2D eigenvalue weighted by molar-refractivity contribution is 5.93. The first-order chi connectivity index (χ1) is 15.4. The van der Waals surface area contributed by atoms with Crippen molar-refractivity contribution in [2.75, 3.05) is 32.1 Å². The standard InChI is InChI=1S/C26H30N2O4/c1-19-8-7-9-20(2)26(19)27-25(30)17-28(3)16-21(29)18-31-22-12-14-24(15-13-22)32-23-10-5-4-6-11-23/h4-15,21,29H,16-18H2,1-3H3,(H,27,30). The molecule has 0 radical (unpaired) electrons. The van der Waals surface area contributed by atoms with E-state index in [1.807, 2.05) is 74.5 Å². The number of aliphatic hydroxyl groups is 1. The van der Waals surface area contributed by atoms with Crippen LogP contribution in [0.25, 0.3) is 0 Å². The van der Waals surface area contributed by atoms with Crippen LogP contribution in [0.15, 0.2) is 72.8 Å². The van der Waals surface area contributed by atoms with Crippen molar-refractivity contribution in [1.82, 2.24) is 4.90 Å². The molecule has 2 N–H and O–H groups in total. The van der Waals surface area contributed by atoms with E-state index < -0.39 is 6.10 Å². The smallest absolute Gasteiger partial charge is 0.238 e. The van der Waals surface area contributed by atoms with E-state index in [1.54, 1.807) is 24.1 Å². The summed E-state index contributed by atoms with van der Waals surface area (Å²) in [6.07, 6.45) is -0.728. The molecule has 0 spiro atoms. The number of carbonyl (C=O) groups is 1. The summed E-state index contributed by atoms with van der Waals surface area (Å²) in [7, 11) is 1.79. The lowest BCUT2D eigenvalue weighted by Crippen LogP contribution is -2.38. The molecule has 3 rings (SSSR count). The van der Waals surface area contributed by atoms with Gasteiger partial charge in [-0.05, 0) is 68.4 Å². The number of benzene rings is 3. The average molecular weight is 435 g/mol. The first-order valence-corrected chi connectivity index (χ1v) is 10.6. The summed E-state index contributed by atoms with van der Waals surface area (Å²) in [6.45, 7) is 4.55. The highest BCUT2D eigenvalue weighted by Gasteiger charge is 2.14. The maximum Gasteiger partial charge on any atom is 0.238 e. The van der Waals surface area contributed by atoms with Gasteiger partial charge < -0.3 is 19.9 Å². The van der Waals surface area contributed by atoms with Crippen LogP contribution in [0.1, 0.15) is 11.1 Å². The van der Waals surface area contributed by atoms with Gasteiger partial charge in [-0.15, -0.1) is 0 Å². The summed E-state index contributed by atoms with van der Waals surface area (Å²) in [4.78, 5) is 14.1. The third kappa shape index (κ3) is 7.11. The molecule has 32 heavy (non-hydrogen) atoms. The third-order valence-electron chi connectivity index (χ3n) is 4.93. The Labute approximate surface area is 189 Å². The Hall–Kier alpha value is -3.35. The van der Waals surface area contributed by atoms with E-state index in [2.05, 4.69) is 5.32 Å². The van der Waals surface area contributed by atoms with Crippen LogP contribution in [0.2, 0.25) is 0 Å². The van der Waals surface area contributed by atoms with Crippen molar-refractivity contribution >= 4 is 11.6 Å². The van der Waals surface area contributed by atoms with Crippen LogP contribution in [-0.2, 0) is 4.79 Å². The first kappa shape index (κ1) is 23.3. The SMILES string of the molecule is Cc1cccc(C)c1NC(=O)CN(C)CC(O)COc1ccc(Oc2ccccc2)cc1. The number of ether oxygens (including phenoxy) is 2. The van der Waals surface area contributed by atoms with E-state index in [9.17, 15) is 9.90 Å². The molecule has 0 aromatic heterocycles. The number of likely N-dealkylation sites (N-methyl/N-ethyl adjacent to an activating group) is 1. The monoisotopic (exact) mass is 434 g/mol. The molecule has 3 aromatic rings. The van der Waals surface area contributed by atoms with Gasteiger partial charge in [0.15, 0.2) is 0 Å². The van der Waals surface area contributed by atoms with Crippen molar-refractivity contribution < 1.29 is 19.4 Å². The second-order valence-electron chi connectivity index (χ2n) is 7.86. The number of rotatable bonds is 10. The molecular formula is C26H30N2O4. The van der Waals surface area contributed by atoms with Crippen LogP contribution in [0.3, 0.4) is 0 Å². The minimum Gasteiger partial charge on any atom is -0.491 e. The van der Waals surface area contributed by atoms with Gasteiger partial charge in [0.25, 0.3) is 0 Å². The predicted molar refractivity (Wildman–Crippen MR) is 127 cm³/mol. The molecule has 1 amide bonds. The minimum atomic E-state index is -0.728. The van der Waals surface area contributed by atoms with Crippen molar-refractivity contribution in [3.8, 4) is 17.2 Å². The summed E-state index contributed by atoms with van der Waals surface area (Å²) < 4.78 is 11.4. The zero-order chi connectivity index (χ0) is 22.9. The largest absolute Gasteiger partial charge is 0.491 e. The Morgan fingerprint density at radius 3 is 2.16 bits per heavy atom. The molecule has 1 unspecified atom stereocenters. The third-order valence-corrected chi connectivity index (χ3v) is 4.93. The number of amides is 1. The Balaban J connectivity index is 1.41. The fraction of sp³-hybridized carbons (Fsp3) is 0.269. The first-order valence-electron chi connectivity index (χ1n) is 10.6. The van der Waals surface area contributed by atoms with Crippen LogP contribution in [0.5, 0.6) is 17.2 Å². The van der Waals surface area contributed by atoms with Gasteiger partial charge in [-0.1, -0.05) is 36.4 Å². The van der Waals surface area contributed by atoms with Crippen LogP contribution in [-0.4, -0.2) is 48.8 Å². The van der Waals surface area contributed by atoms with Crippen molar-refractivity contribution in [1.29, 1.82) is 0 Å². The molecule has 0 heterocycles. The number of aryl methyl sites for hydroxylation is 2. The zero-order valence-electron chi connectivity index (χ0n) is 18.7. The van der Waals surface area contributed by atoms with Gasteiger partial charge in [-0.2, -0.15) is 0 Å². The Morgan fingerprint density at radius 1 is 0.906 bits per heavy atom. The minimum absolute atomic E-state index is 0.118. The molecule has 6 nitrogen and oxygen atoms in total. The summed E-state index contributed by atoms with van der Waals surface area (Å²) >= 11 is 0. The van der Waals surface area contributed by atoms with E-state index in [0.29, 0.717) is 18.0 Å². The van der Waals surface area contributed by atoms with Crippen LogP contribution in [0, 0.1) is 13.8 Å². The van der Waals surface area contributed by atoms with Gasteiger partial charge in [0.05, 0.1) is 6.54 Å². The molecule has 0 saturated carbocycles. The number of nitrogens with zero attached hydrogens (tertiary/aromatic N) is 1. The Bertz CT molecular complexity index is 986. The summed E-state index contributed by atoms with van der Waals surface area (Å²) in [5.41, 5.74) is 2.89. The maximum atomic E-state index is 12.4. The second-order valence-corrected chi connectivity index (χ2v) is 7.86. The molecule has 6 heteroatoms. The van der Waals surface area contributed by atoms with Crippen molar-refractivity contribution in [3.63, 3.8) is 0 Å². The highest BCUT2D eigenvalue weighted by Crippen LogP contribution is 2.23. The van der Waals surface area contributed by atoms with E-state index >= 15 is 0 Å². The van der Waals surface area contributed by atoms with Crippen molar-refractivity contribution in [3.05, 3.63) is 83.9 Å². The number of anilines is 1. The number of carbonyl (C=O) groups excluding carboxylic acids is 1. The molecule has 0 fully saturated rings. The molecule has 0 saturated heterocycles. The molecule has 1 atom stereocenters. The fourth-order valence-corrected chi connectivity index (χ4v) is 3.33. The van der Waals surface area contributed by atoms with Crippen LogP contribution < -0.4 is 14.8 Å². The van der Waals surface area contributed by atoms with Crippen LogP contribution >= 0.6 is 0 Å². The van der Waals surface area contributed by atoms with E-state index in [0.717, 1.165) is 22.6 Å². The zero-order valence-corrected chi connectivity index (χ0v) is 18.7. The summed E-state index contributed by atoms with van der Waals surface area (Å²) in [6, 6.07) is 22.7. The van der Waals surface area contributed by atoms with Crippen molar-refractivity contribution in [2.45, 2.75) is 20.0 Å². The average Bonchev–Trinajstić information content (AvgIpc) is 2.76. The second kappa shape index (κ2) is 11.3.